The van der Waals surface area contributed by atoms with Gasteiger partial charge < -0.3 is 9.74 Å². The Morgan fingerprint density at radius 2 is 1.88 bits per heavy atom. The number of alkyl halides is 3. The number of nitrogens with zero attached hydrogens (tertiary/aromatic N) is 2. The molecule has 16 heavy (non-hydrogen) atoms. The van der Waals surface area contributed by atoms with Gasteiger partial charge in [-0.25, -0.2) is 4.79 Å². The Bertz CT molecular complexity index is 299. The second-order valence-corrected chi connectivity index (χ2v) is 3.50. The number of hydroxylamine groups is 2. The number of carbonyl (C=O) groups is 2. The molecule has 5 nitrogen and oxygen atoms in total. The summed E-state index contributed by atoms with van der Waals surface area (Å²) in [5.41, 5.74) is 0. The molecule has 0 bridgehead atoms. The minimum Gasteiger partial charge on any atom is -0.361 e. The van der Waals surface area contributed by atoms with Crippen LogP contribution in [0, 0.1) is 0 Å². The van der Waals surface area contributed by atoms with Gasteiger partial charge >= 0.3 is 12.1 Å². The van der Waals surface area contributed by atoms with Gasteiger partial charge in [-0.15, -0.1) is 5.06 Å². The van der Waals surface area contributed by atoms with Crippen molar-refractivity contribution in [2.75, 3.05) is 20.1 Å². The molecule has 0 spiro atoms. The van der Waals surface area contributed by atoms with Crippen molar-refractivity contribution in [3.63, 3.8) is 0 Å². The topological polar surface area (TPSA) is 49.9 Å². The van der Waals surface area contributed by atoms with E-state index in [0.29, 0.717) is 0 Å². The molecule has 1 amide bonds. The van der Waals surface area contributed by atoms with Crippen LogP contribution in [0.3, 0.4) is 0 Å². The Morgan fingerprint density at radius 3 is 2.25 bits per heavy atom. The van der Waals surface area contributed by atoms with Gasteiger partial charge in [0.25, 0.3) is 0 Å². The number of carbonyl (C=O) groups excluding carboxylic acids is 2. The summed E-state index contributed by atoms with van der Waals surface area (Å²) in [6, 6.07) is -0.379. The quantitative estimate of drug-likeness (QED) is 0.645. The Hall–Kier alpha value is -1.31. The lowest BCUT2D eigenvalue weighted by atomic mass is 10.1. The number of likely N-dealkylation sites (N-methyl/N-ethyl adjacent to an activating group) is 1. The van der Waals surface area contributed by atoms with E-state index in [1.807, 2.05) is 0 Å². The normalized spacial score (nSPS) is 17.2. The van der Waals surface area contributed by atoms with E-state index >= 15 is 0 Å². The van der Waals surface area contributed by atoms with Crippen molar-refractivity contribution in [1.82, 2.24) is 9.96 Å². The van der Waals surface area contributed by atoms with Crippen LogP contribution in [0.5, 0.6) is 0 Å². The van der Waals surface area contributed by atoms with Crippen LogP contribution in [0.2, 0.25) is 0 Å². The smallest absolute Gasteiger partial charge is 0.361 e. The van der Waals surface area contributed by atoms with E-state index < -0.39 is 12.1 Å². The van der Waals surface area contributed by atoms with Crippen LogP contribution in [0.1, 0.15) is 6.92 Å². The monoisotopic (exact) mass is 240 g/mol. The van der Waals surface area contributed by atoms with Gasteiger partial charge in [-0.2, -0.15) is 13.2 Å². The van der Waals surface area contributed by atoms with Gasteiger partial charge in [0, 0.05) is 27.1 Å². The highest BCUT2D eigenvalue weighted by Crippen LogP contribution is 2.20. The highest BCUT2D eigenvalue weighted by Gasteiger charge is 2.44. The first-order valence-electron chi connectivity index (χ1n) is 4.49. The average Bonchev–Trinajstić information content (AvgIpc) is 1.97. The van der Waals surface area contributed by atoms with Gasteiger partial charge in [-0.1, -0.05) is 0 Å². The summed E-state index contributed by atoms with van der Waals surface area (Å²) in [6.45, 7) is 1.88. The predicted octanol–water partition coefficient (Wildman–Crippen LogP) is 0.169. The number of rotatable bonds is 2. The molecule has 0 radical (unpaired) electrons. The van der Waals surface area contributed by atoms with Gasteiger partial charge in [0.05, 0.1) is 6.04 Å². The van der Waals surface area contributed by atoms with Gasteiger partial charge in [0.2, 0.25) is 5.91 Å². The first kappa shape index (κ1) is 12.8. The number of hydrogen-bond acceptors (Lipinski definition) is 4. The molecule has 0 N–H and O–H groups in total. The fourth-order valence-electron chi connectivity index (χ4n) is 1.20. The third-order valence-corrected chi connectivity index (χ3v) is 2.28. The lowest BCUT2D eigenvalue weighted by Crippen LogP contribution is -2.60. The van der Waals surface area contributed by atoms with Crippen molar-refractivity contribution in [3.05, 3.63) is 0 Å². The van der Waals surface area contributed by atoms with Crippen LogP contribution in [0.4, 0.5) is 13.2 Å². The largest absolute Gasteiger partial charge is 0.492 e. The SMILES string of the molecule is CC(=O)N1CC(N(C)OC(=O)C(F)(F)F)C1. The first-order valence-corrected chi connectivity index (χ1v) is 4.49. The molecular formula is C8H11F3N2O3. The fraction of sp³-hybridized carbons (Fsp3) is 0.750. The molecule has 92 valence electrons. The van der Waals surface area contributed by atoms with Crippen LogP contribution in [0.15, 0.2) is 0 Å². The molecule has 0 atom stereocenters. The summed E-state index contributed by atoms with van der Waals surface area (Å²) >= 11 is 0. The Labute approximate surface area is 89.7 Å². The zero-order valence-corrected chi connectivity index (χ0v) is 8.74. The first-order chi connectivity index (χ1) is 7.21. The van der Waals surface area contributed by atoms with E-state index in [1.54, 1.807) is 0 Å². The maximum absolute atomic E-state index is 11.8. The molecule has 0 aromatic carbocycles. The minimum atomic E-state index is -5.00. The van der Waals surface area contributed by atoms with E-state index in [1.165, 1.54) is 18.9 Å². The summed E-state index contributed by atoms with van der Waals surface area (Å²) in [6.07, 6.45) is -5.00. The Kier molecular flexibility index (Phi) is 3.41. The molecule has 0 aliphatic carbocycles. The van der Waals surface area contributed by atoms with Crippen LogP contribution in [-0.2, 0) is 14.4 Å². The summed E-state index contributed by atoms with van der Waals surface area (Å²) in [7, 11) is 1.23. The molecule has 0 unspecified atom stereocenters. The molecule has 1 fully saturated rings. The number of halogens is 3. The van der Waals surface area contributed by atoms with Crippen LogP contribution < -0.4 is 0 Å². The molecule has 1 rings (SSSR count). The molecular weight excluding hydrogens is 229 g/mol. The van der Waals surface area contributed by atoms with Crippen LogP contribution >= 0.6 is 0 Å². The minimum absolute atomic E-state index is 0.160. The second-order valence-electron chi connectivity index (χ2n) is 3.50. The Morgan fingerprint density at radius 1 is 1.38 bits per heavy atom. The third-order valence-electron chi connectivity index (χ3n) is 2.28. The summed E-state index contributed by atoms with van der Waals surface area (Å²) in [5, 5.41) is 0.829. The van der Waals surface area contributed by atoms with Gasteiger partial charge in [0.1, 0.15) is 0 Å². The molecule has 1 saturated heterocycles. The van der Waals surface area contributed by atoms with Gasteiger partial charge in [0.15, 0.2) is 0 Å². The van der Waals surface area contributed by atoms with Crippen molar-refractivity contribution >= 4 is 11.9 Å². The maximum Gasteiger partial charge on any atom is 0.492 e. The van der Waals surface area contributed by atoms with Crippen molar-refractivity contribution in [2.24, 2.45) is 0 Å². The van der Waals surface area contributed by atoms with Crippen LogP contribution in [-0.4, -0.2) is 54.2 Å². The van der Waals surface area contributed by atoms with Crippen molar-refractivity contribution in [2.45, 2.75) is 19.1 Å². The Balaban J connectivity index is 2.36. The number of hydrogen-bond donors (Lipinski definition) is 0. The fourth-order valence-corrected chi connectivity index (χ4v) is 1.20. The van der Waals surface area contributed by atoms with E-state index in [9.17, 15) is 22.8 Å². The predicted molar refractivity (Wildman–Crippen MR) is 46.0 cm³/mol. The standard InChI is InChI=1S/C8H11F3N2O3/c1-5(14)13-3-6(4-13)12(2)16-7(15)8(9,10)11/h6H,3-4H2,1-2H3. The molecule has 8 heteroatoms. The van der Waals surface area contributed by atoms with Crippen molar-refractivity contribution < 1.29 is 27.6 Å². The lowest BCUT2D eigenvalue weighted by Gasteiger charge is -2.42. The lowest BCUT2D eigenvalue weighted by molar-refractivity contribution is -0.247. The molecule has 1 aliphatic rings. The molecule has 1 heterocycles. The number of likely N-dealkylation sites (tertiary alicyclic amines) is 1. The second kappa shape index (κ2) is 4.28. The van der Waals surface area contributed by atoms with E-state index in [2.05, 4.69) is 4.84 Å². The van der Waals surface area contributed by atoms with Crippen molar-refractivity contribution in [3.8, 4) is 0 Å². The number of amides is 1. The molecule has 0 aromatic rings. The molecule has 0 aromatic heterocycles. The summed E-state index contributed by atoms with van der Waals surface area (Å²) in [5.74, 6) is -2.41. The highest BCUT2D eigenvalue weighted by atomic mass is 19.4. The third kappa shape index (κ3) is 2.84. The highest BCUT2D eigenvalue weighted by molar-refractivity contribution is 5.75. The average molecular weight is 240 g/mol. The van der Waals surface area contributed by atoms with E-state index in [4.69, 9.17) is 0 Å². The van der Waals surface area contributed by atoms with Gasteiger partial charge in [-0.3, -0.25) is 4.79 Å². The molecule has 1 aliphatic heterocycles. The summed E-state index contributed by atoms with van der Waals surface area (Å²) in [4.78, 5) is 26.8. The zero-order chi connectivity index (χ0) is 12.5. The van der Waals surface area contributed by atoms with E-state index in [-0.39, 0.29) is 25.0 Å². The zero-order valence-electron chi connectivity index (χ0n) is 8.74. The van der Waals surface area contributed by atoms with E-state index in [0.717, 1.165) is 5.06 Å². The molecule has 0 saturated carbocycles. The van der Waals surface area contributed by atoms with Crippen molar-refractivity contribution in [1.29, 1.82) is 0 Å². The van der Waals surface area contributed by atoms with Crippen LogP contribution in [0.25, 0.3) is 0 Å². The maximum atomic E-state index is 11.8. The van der Waals surface area contributed by atoms with Gasteiger partial charge in [-0.05, 0) is 0 Å². The summed E-state index contributed by atoms with van der Waals surface area (Å²) < 4.78 is 35.5.